The average molecular weight is 203 g/mol. The van der Waals surface area contributed by atoms with Crippen LogP contribution >= 0.6 is 0 Å². The first-order chi connectivity index (χ1) is 7.06. The molecule has 1 aliphatic heterocycles. The van der Waals surface area contributed by atoms with Crippen molar-refractivity contribution >= 4 is 0 Å². The Morgan fingerprint density at radius 3 is 2.13 bits per heavy atom. The van der Waals surface area contributed by atoms with Crippen LogP contribution in [-0.2, 0) is 0 Å². The molecule has 0 aliphatic carbocycles. The molecule has 0 spiro atoms. The fraction of sp³-hybridized carbons (Fsp3) is 0.571. The lowest BCUT2D eigenvalue weighted by atomic mass is 9.90. The van der Waals surface area contributed by atoms with Crippen molar-refractivity contribution in [3.05, 3.63) is 34.9 Å². The van der Waals surface area contributed by atoms with Gasteiger partial charge in [0.2, 0.25) is 0 Å². The minimum atomic E-state index is 0.612. The largest absolute Gasteiger partial charge is 0.311 e. The van der Waals surface area contributed by atoms with Gasteiger partial charge in [-0.2, -0.15) is 0 Å². The maximum Gasteiger partial charge on any atom is 0.0110 e. The summed E-state index contributed by atoms with van der Waals surface area (Å²) in [5, 5.41) is 3.60. The summed E-state index contributed by atoms with van der Waals surface area (Å²) in [4.78, 5) is 0. The van der Waals surface area contributed by atoms with Crippen LogP contribution in [0.5, 0.6) is 0 Å². The molecule has 1 aliphatic rings. The highest BCUT2D eigenvalue weighted by atomic mass is 15.0. The van der Waals surface area contributed by atoms with Crippen molar-refractivity contribution < 1.29 is 0 Å². The highest BCUT2D eigenvalue weighted by Crippen LogP contribution is 2.31. The lowest BCUT2D eigenvalue weighted by Gasteiger charge is -2.16. The van der Waals surface area contributed by atoms with Crippen LogP contribution in [0.4, 0.5) is 0 Å². The molecule has 2 rings (SSSR count). The number of rotatable bonds is 1. The first-order valence-corrected chi connectivity index (χ1v) is 5.90. The molecule has 3 unspecified atom stereocenters. The summed E-state index contributed by atoms with van der Waals surface area (Å²) >= 11 is 0. The van der Waals surface area contributed by atoms with Gasteiger partial charge < -0.3 is 5.32 Å². The number of nitrogens with one attached hydrogen (secondary N) is 1. The normalized spacial score (nSPS) is 30.8. The minimum absolute atomic E-state index is 0.612. The van der Waals surface area contributed by atoms with E-state index in [4.69, 9.17) is 0 Å². The fourth-order valence-corrected chi connectivity index (χ4v) is 2.87. The van der Waals surface area contributed by atoms with Gasteiger partial charge in [-0.25, -0.2) is 0 Å². The molecule has 1 fully saturated rings. The van der Waals surface area contributed by atoms with Gasteiger partial charge in [0.1, 0.15) is 0 Å². The van der Waals surface area contributed by atoms with Gasteiger partial charge in [0.05, 0.1) is 0 Å². The molecule has 1 N–H and O–H groups in total. The standard InChI is InChI=1S/C14H21N/c1-9-5-10(2)7-13(6-9)14-8-11(3)15-12(14)4/h5-7,11-12,14-15H,8H2,1-4H3. The van der Waals surface area contributed by atoms with E-state index in [1.54, 1.807) is 0 Å². The summed E-state index contributed by atoms with van der Waals surface area (Å²) in [5.41, 5.74) is 4.28. The molecule has 0 amide bonds. The van der Waals surface area contributed by atoms with Crippen molar-refractivity contribution in [1.82, 2.24) is 5.32 Å². The third-order valence-corrected chi connectivity index (χ3v) is 3.43. The molecule has 1 heteroatoms. The van der Waals surface area contributed by atoms with Crippen LogP contribution in [0.25, 0.3) is 0 Å². The Balaban J connectivity index is 2.29. The molecule has 1 aromatic rings. The van der Waals surface area contributed by atoms with Gasteiger partial charge in [0.15, 0.2) is 0 Å². The summed E-state index contributed by atoms with van der Waals surface area (Å²) in [5.74, 6) is 0.693. The lowest BCUT2D eigenvalue weighted by molar-refractivity contribution is 0.574. The van der Waals surface area contributed by atoms with E-state index in [2.05, 4.69) is 51.2 Å². The molecular weight excluding hydrogens is 182 g/mol. The van der Waals surface area contributed by atoms with E-state index in [9.17, 15) is 0 Å². The van der Waals surface area contributed by atoms with E-state index in [0.29, 0.717) is 18.0 Å². The molecule has 82 valence electrons. The number of hydrogen-bond donors (Lipinski definition) is 1. The van der Waals surface area contributed by atoms with Gasteiger partial charge in [0.25, 0.3) is 0 Å². The van der Waals surface area contributed by atoms with Crippen LogP contribution in [-0.4, -0.2) is 12.1 Å². The molecule has 0 radical (unpaired) electrons. The molecule has 0 bridgehead atoms. The molecule has 1 heterocycles. The Morgan fingerprint density at radius 1 is 1.07 bits per heavy atom. The summed E-state index contributed by atoms with van der Waals surface area (Å²) in [6.45, 7) is 8.95. The second-order valence-corrected chi connectivity index (χ2v) is 5.12. The fourth-order valence-electron chi connectivity index (χ4n) is 2.87. The van der Waals surface area contributed by atoms with Gasteiger partial charge in [0, 0.05) is 18.0 Å². The Bertz CT molecular complexity index is 336. The third kappa shape index (κ3) is 2.23. The van der Waals surface area contributed by atoms with Gasteiger partial charge in [-0.05, 0) is 39.7 Å². The quantitative estimate of drug-likeness (QED) is 0.739. The molecule has 0 aromatic heterocycles. The van der Waals surface area contributed by atoms with Crippen LogP contribution in [0, 0.1) is 13.8 Å². The van der Waals surface area contributed by atoms with E-state index >= 15 is 0 Å². The van der Waals surface area contributed by atoms with Crippen LogP contribution in [0.1, 0.15) is 42.9 Å². The van der Waals surface area contributed by atoms with Crippen molar-refractivity contribution in [1.29, 1.82) is 0 Å². The third-order valence-electron chi connectivity index (χ3n) is 3.43. The number of aryl methyl sites for hydroxylation is 2. The van der Waals surface area contributed by atoms with E-state index in [0.717, 1.165) is 0 Å². The van der Waals surface area contributed by atoms with Crippen LogP contribution < -0.4 is 5.32 Å². The second kappa shape index (κ2) is 3.97. The van der Waals surface area contributed by atoms with Crippen molar-refractivity contribution in [3.8, 4) is 0 Å². The van der Waals surface area contributed by atoms with Gasteiger partial charge in [-0.3, -0.25) is 0 Å². The monoisotopic (exact) mass is 203 g/mol. The van der Waals surface area contributed by atoms with E-state index < -0.39 is 0 Å². The Hall–Kier alpha value is -0.820. The first kappa shape index (κ1) is 10.7. The first-order valence-electron chi connectivity index (χ1n) is 5.90. The number of hydrogen-bond acceptors (Lipinski definition) is 1. The van der Waals surface area contributed by atoms with Crippen molar-refractivity contribution in [2.75, 3.05) is 0 Å². The summed E-state index contributed by atoms with van der Waals surface area (Å²) in [7, 11) is 0. The highest BCUT2D eigenvalue weighted by Gasteiger charge is 2.29. The van der Waals surface area contributed by atoms with Crippen molar-refractivity contribution in [2.24, 2.45) is 0 Å². The molecular formula is C14H21N. The lowest BCUT2D eigenvalue weighted by Crippen LogP contribution is -2.26. The Labute approximate surface area is 92.9 Å². The zero-order valence-corrected chi connectivity index (χ0v) is 10.2. The molecule has 1 aromatic carbocycles. The molecule has 1 saturated heterocycles. The van der Waals surface area contributed by atoms with E-state index in [1.807, 2.05) is 0 Å². The minimum Gasteiger partial charge on any atom is -0.311 e. The maximum atomic E-state index is 3.60. The predicted octanol–water partition coefficient (Wildman–Crippen LogP) is 3.16. The maximum absolute atomic E-state index is 3.60. The smallest absolute Gasteiger partial charge is 0.0110 e. The van der Waals surface area contributed by atoms with Crippen molar-refractivity contribution in [2.45, 2.75) is 52.1 Å². The second-order valence-electron chi connectivity index (χ2n) is 5.12. The van der Waals surface area contributed by atoms with Gasteiger partial charge in [-0.1, -0.05) is 29.3 Å². The zero-order valence-electron chi connectivity index (χ0n) is 10.2. The van der Waals surface area contributed by atoms with E-state index in [-0.39, 0.29) is 0 Å². The summed E-state index contributed by atoms with van der Waals surface area (Å²) < 4.78 is 0. The Kier molecular flexibility index (Phi) is 2.83. The van der Waals surface area contributed by atoms with Crippen LogP contribution in [0.15, 0.2) is 18.2 Å². The molecule has 0 saturated carbocycles. The van der Waals surface area contributed by atoms with E-state index in [1.165, 1.54) is 23.1 Å². The molecule has 1 nitrogen and oxygen atoms in total. The SMILES string of the molecule is Cc1cc(C)cc(C2CC(C)NC2C)c1. The summed E-state index contributed by atoms with van der Waals surface area (Å²) in [6.07, 6.45) is 1.27. The van der Waals surface area contributed by atoms with Crippen molar-refractivity contribution in [3.63, 3.8) is 0 Å². The average Bonchev–Trinajstić information content (AvgIpc) is 2.43. The molecule has 3 atom stereocenters. The Morgan fingerprint density at radius 2 is 1.67 bits per heavy atom. The highest BCUT2D eigenvalue weighted by molar-refractivity contribution is 5.32. The molecule has 15 heavy (non-hydrogen) atoms. The zero-order chi connectivity index (χ0) is 11.0. The van der Waals surface area contributed by atoms with Crippen LogP contribution in [0.3, 0.4) is 0 Å². The predicted molar refractivity (Wildman–Crippen MR) is 65.3 cm³/mol. The van der Waals surface area contributed by atoms with Crippen LogP contribution in [0.2, 0.25) is 0 Å². The number of benzene rings is 1. The van der Waals surface area contributed by atoms with Gasteiger partial charge in [-0.15, -0.1) is 0 Å². The van der Waals surface area contributed by atoms with Gasteiger partial charge >= 0.3 is 0 Å². The summed E-state index contributed by atoms with van der Waals surface area (Å²) in [6, 6.07) is 8.20. The topological polar surface area (TPSA) is 12.0 Å².